The molecule has 0 unspecified atom stereocenters. The molecule has 0 saturated carbocycles. The quantitative estimate of drug-likeness (QED) is 0.929. The van der Waals surface area contributed by atoms with Crippen molar-refractivity contribution in [1.82, 2.24) is 9.71 Å². The Hall–Kier alpha value is -2.43. The lowest BCUT2D eigenvalue weighted by atomic mass is 10.2. The summed E-state index contributed by atoms with van der Waals surface area (Å²) in [5, 5.41) is 8.96. The number of fused-ring (bicyclic) bond motifs is 1. The van der Waals surface area contributed by atoms with Gasteiger partial charge in [0.05, 0.1) is 4.90 Å². The standard InChI is InChI=1S/C15H14N4O2S/c1-17-22(20,21)13-6-5-11-7-8-19(14(11)9-13)15-4-2-3-12(10-16)18-15/h2-6,9,17H,7-8H2,1H3. The molecular formula is C15H14N4O2S. The van der Waals surface area contributed by atoms with Crippen molar-refractivity contribution in [2.75, 3.05) is 18.5 Å². The van der Waals surface area contributed by atoms with Crippen molar-refractivity contribution in [2.45, 2.75) is 11.3 Å². The van der Waals surface area contributed by atoms with Gasteiger partial charge in [0, 0.05) is 12.2 Å². The Morgan fingerprint density at radius 2 is 2.14 bits per heavy atom. The van der Waals surface area contributed by atoms with E-state index in [1.54, 1.807) is 24.3 Å². The highest BCUT2D eigenvalue weighted by molar-refractivity contribution is 7.89. The van der Waals surface area contributed by atoms with Crippen LogP contribution in [-0.2, 0) is 16.4 Å². The molecule has 22 heavy (non-hydrogen) atoms. The fraction of sp³-hybridized carbons (Fsp3) is 0.200. The summed E-state index contributed by atoms with van der Waals surface area (Å²) in [5.41, 5.74) is 2.23. The molecule has 6 nitrogen and oxygen atoms in total. The van der Waals surface area contributed by atoms with Crippen LogP contribution in [0.2, 0.25) is 0 Å². The average Bonchev–Trinajstić information content (AvgIpc) is 2.98. The molecule has 0 atom stereocenters. The zero-order valence-corrected chi connectivity index (χ0v) is 12.8. The number of hydrogen-bond acceptors (Lipinski definition) is 5. The Bertz CT molecular complexity index is 871. The largest absolute Gasteiger partial charge is 0.326 e. The average molecular weight is 314 g/mol. The maximum absolute atomic E-state index is 12.0. The molecule has 1 N–H and O–H groups in total. The Balaban J connectivity index is 2.07. The second kappa shape index (κ2) is 5.40. The van der Waals surface area contributed by atoms with Crippen LogP contribution in [0.5, 0.6) is 0 Å². The number of nitrogens with zero attached hydrogens (tertiary/aromatic N) is 3. The fourth-order valence-corrected chi connectivity index (χ4v) is 3.27. The molecule has 0 spiro atoms. The number of benzene rings is 1. The third-order valence-corrected chi connectivity index (χ3v) is 5.07. The number of nitriles is 1. The minimum Gasteiger partial charge on any atom is -0.326 e. The lowest BCUT2D eigenvalue weighted by Crippen LogP contribution is -2.19. The van der Waals surface area contributed by atoms with E-state index in [9.17, 15) is 8.42 Å². The molecule has 0 fully saturated rings. The van der Waals surface area contributed by atoms with Crippen molar-refractivity contribution < 1.29 is 8.42 Å². The van der Waals surface area contributed by atoms with Gasteiger partial charge in [0.1, 0.15) is 17.6 Å². The summed E-state index contributed by atoms with van der Waals surface area (Å²) < 4.78 is 26.2. The number of aromatic nitrogens is 1. The van der Waals surface area contributed by atoms with Gasteiger partial charge in [-0.2, -0.15) is 5.26 Å². The molecule has 112 valence electrons. The first kappa shape index (κ1) is 14.5. The summed E-state index contributed by atoms with van der Waals surface area (Å²) in [5.74, 6) is 0.650. The van der Waals surface area contributed by atoms with E-state index in [0.29, 0.717) is 18.1 Å². The van der Waals surface area contributed by atoms with Gasteiger partial charge in [-0.1, -0.05) is 12.1 Å². The van der Waals surface area contributed by atoms with E-state index in [0.717, 1.165) is 17.7 Å². The molecule has 7 heteroatoms. The van der Waals surface area contributed by atoms with E-state index >= 15 is 0 Å². The summed E-state index contributed by atoms with van der Waals surface area (Å²) in [6.07, 6.45) is 0.813. The Morgan fingerprint density at radius 1 is 1.32 bits per heavy atom. The fourth-order valence-electron chi connectivity index (χ4n) is 2.52. The minimum absolute atomic E-state index is 0.220. The highest BCUT2D eigenvalue weighted by Crippen LogP contribution is 2.35. The van der Waals surface area contributed by atoms with Gasteiger partial charge in [-0.3, -0.25) is 0 Å². The third-order valence-electron chi connectivity index (χ3n) is 3.66. The van der Waals surface area contributed by atoms with Crippen LogP contribution in [0.4, 0.5) is 11.5 Å². The topological polar surface area (TPSA) is 86.1 Å². The molecule has 1 aliphatic heterocycles. The van der Waals surface area contributed by atoms with Crippen LogP contribution < -0.4 is 9.62 Å². The lowest BCUT2D eigenvalue weighted by molar-refractivity contribution is 0.588. The van der Waals surface area contributed by atoms with Crippen molar-refractivity contribution in [3.63, 3.8) is 0 Å². The predicted molar refractivity (Wildman–Crippen MR) is 82.3 cm³/mol. The van der Waals surface area contributed by atoms with Crippen molar-refractivity contribution in [1.29, 1.82) is 5.26 Å². The van der Waals surface area contributed by atoms with Crippen molar-refractivity contribution in [2.24, 2.45) is 0 Å². The number of hydrogen-bond donors (Lipinski definition) is 1. The SMILES string of the molecule is CNS(=O)(=O)c1ccc2c(c1)N(c1cccc(C#N)n1)CC2. The number of sulfonamides is 1. The zero-order valence-electron chi connectivity index (χ0n) is 11.9. The zero-order chi connectivity index (χ0) is 15.7. The predicted octanol–water partition coefficient (Wildman–Crippen LogP) is 1.56. The van der Waals surface area contributed by atoms with Crippen LogP contribution in [0.1, 0.15) is 11.3 Å². The smallest absolute Gasteiger partial charge is 0.240 e. The van der Waals surface area contributed by atoms with E-state index in [4.69, 9.17) is 5.26 Å². The van der Waals surface area contributed by atoms with Gasteiger partial charge < -0.3 is 4.90 Å². The van der Waals surface area contributed by atoms with Gasteiger partial charge in [-0.25, -0.2) is 18.1 Å². The molecule has 0 bridgehead atoms. The number of nitrogens with one attached hydrogen (secondary N) is 1. The number of rotatable bonds is 3. The van der Waals surface area contributed by atoms with Crippen LogP contribution >= 0.6 is 0 Å². The van der Waals surface area contributed by atoms with Gasteiger partial charge in [-0.15, -0.1) is 0 Å². The number of anilines is 2. The summed E-state index contributed by atoms with van der Waals surface area (Å²) in [6.45, 7) is 0.709. The first-order chi connectivity index (χ1) is 10.5. The lowest BCUT2D eigenvalue weighted by Gasteiger charge is -2.19. The highest BCUT2D eigenvalue weighted by Gasteiger charge is 2.24. The summed E-state index contributed by atoms with van der Waals surface area (Å²) in [6, 6.07) is 12.3. The second-order valence-corrected chi connectivity index (χ2v) is 6.78. The molecule has 0 aliphatic carbocycles. The molecule has 0 radical (unpaired) electrons. The van der Waals surface area contributed by atoms with Gasteiger partial charge in [0.2, 0.25) is 10.0 Å². The van der Waals surface area contributed by atoms with Gasteiger partial charge >= 0.3 is 0 Å². The van der Waals surface area contributed by atoms with Crippen LogP contribution in [0, 0.1) is 11.3 Å². The molecule has 1 aromatic carbocycles. The van der Waals surface area contributed by atoms with E-state index in [1.165, 1.54) is 7.05 Å². The second-order valence-electron chi connectivity index (χ2n) is 4.89. The maximum Gasteiger partial charge on any atom is 0.240 e. The Morgan fingerprint density at radius 3 is 2.86 bits per heavy atom. The van der Waals surface area contributed by atoms with E-state index < -0.39 is 10.0 Å². The first-order valence-electron chi connectivity index (χ1n) is 6.76. The molecule has 0 saturated heterocycles. The van der Waals surface area contributed by atoms with E-state index in [1.807, 2.05) is 23.1 Å². The monoisotopic (exact) mass is 314 g/mol. The van der Waals surface area contributed by atoms with E-state index in [-0.39, 0.29) is 4.90 Å². The summed E-state index contributed by atoms with van der Waals surface area (Å²) in [4.78, 5) is 6.44. The van der Waals surface area contributed by atoms with Gasteiger partial charge in [0.15, 0.2) is 0 Å². The molecular weight excluding hydrogens is 300 g/mol. The number of pyridine rings is 1. The van der Waals surface area contributed by atoms with Crippen molar-refractivity contribution in [3.05, 3.63) is 47.7 Å². The molecule has 3 rings (SSSR count). The van der Waals surface area contributed by atoms with Crippen molar-refractivity contribution in [3.8, 4) is 6.07 Å². The van der Waals surface area contributed by atoms with Crippen LogP contribution in [0.15, 0.2) is 41.3 Å². The van der Waals surface area contributed by atoms with Crippen LogP contribution in [0.25, 0.3) is 0 Å². The molecule has 1 aliphatic rings. The Labute approximate surface area is 129 Å². The maximum atomic E-state index is 12.0. The molecule has 1 aromatic heterocycles. The molecule has 0 amide bonds. The van der Waals surface area contributed by atoms with E-state index in [2.05, 4.69) is 9.71 Å². The van der Waals surface area contributed by atoms with Gasteiger partial charge in [-0.05, 0) is 43.3 Å². The van der Waals surface area contributed by atoms with Gasteiger partial charge in [0.25, 0.3) is 0 Å². The first-order valence-corrected chi connectivity index (χ1v) is 8.24. The molecule has 2 heterocycles. The summed E-state index contributed by atoms with van der Waals surface area (Å²) in [7, 11) is -2.10. The third kappa shape index (κ3) is 2.43. The molecule has 2 aromatic rings. The van der Waals surface area contributed by atoms with Crippen LogP contribution in [0.3, 0.4) is 0 Å². The highest BCUT2D eigenvalue weighted by atomic mass is 32.2. The van der Waals surface area contributed by atoms with Crippen molar-refractivity contribution >= 4 is 21.5 Å². The summed E-state index contributed by atoms with van der Waals surface area (Å²) >= 11 is 0. The van der Waals surface area contributed by atoms with Crippen LogP contribution in [-0.4, -0.2) is 27.0 Å². The normalized spacial score (nSPS) is 13.7. The Kier molecular flexibility index (Phi) is 3.56. The minimum atomic E-state index is -3.49.